The predicted molar refractivity (Wildman–Crippen MR) is 91.8 cm³/mol. The van der Waals surface area contributed by atoms with E-state index in [1.807, 2.05) is 0 Å². The van der Waals surface area contributed by atoms with E-state index in [9.17, 15) is 9.59 Å². The minimum absolute atomic E-state index is 0.135. The van der Waals surface area contributed by atoms with Crippen molar-refractivity contribution in [2.75, 3.05) is 11.5 Å². The van der Waals surface area contributed by atoms with Crippen molar-refractivity contribution >= 4 is 45.9 Å². The maximum absolute atomic E-state index is 11.9. The van der Waals surface area contributed by atoms with E-state index < -0.39 is 11.9 Å². The molecule has 0 saturated heterocycles. The molecule has 0 aromatic carbocycles. The van der Waals surface area contributed by atoms with E-state index in [4.69, 9.17) is 21.1 Å². The summed E-state index contributed by atoms with van der Waals surface area (Å²) in [6.07, 6.45) is 6.51. The number of nitrogen functional groups attached to an aromatic ring is 2. The summed E-state index contributed by atoms with van der Waals surface area (Å²) in [6.45, 7) is 0. The van der Waals surface area contributed by atoms with E-state index in [0.717, 1.165) is 21.6 Å². The molecule has 4 aromatic rings. The number of hydrogen-bond donors (Lipinski definition) is 2. The minimum Gasteiger partial charge on any atom is -0.382 e. The minimum atomic E-state index is -0.879. The Kier molecular flexibility index (Phi) is 3.96. The Morgan fingerprint density at radius 3 is 1.61 bits per heavy atom. The second-order valence-electron chi connectivity index (χ2n) is 5.16. The van der Waals surface area contributed by atoms with Gasteiger partial charge in [0, 0.05) is 12.2 Å². The van der Waals surface area contributed by atoms with E-state index in [-0.39, 0.29) is 34.0 Å². The van der Waals surface area contributed by atoms with E-state index in [1.54, 1.807) is 0 Å². The molecule has 0 bridgehead atoms. The van der Waals surface area contributed by atoms with Gasteiger partial charge in [-0.2, -0.15) is 0 Å². The highest BCUT2D eigenvalue weighted by Crippen LogP contribution is 2.13. The SMILES string of the molecule is Nc1ncnc2c1ncn2OC(=O)/C=C/C(=O)On1cnc2c(N)ncnc21. The summed E-state index contributed by atoms with van der Waals surface area (Å²) < 4.78 is 1.99. The second-order valence-corrected chi connectivity index (χ2v) is 5.16. The zero-order chi connectivity index (χ0) is 19.7. The Morgan fingerprint density at radius 2 is 1.18 bits per heavy atom. The fraction of sp³-hybridized carbons (Fsp3) is 0. The summed E-state index contributed by atoms with van der Waals surface area (Å²) in [6, 6.07) is 0. The van der Waals surface area contributed by atoms with Gasteiger partial charge in [0.25, 0.3) is 0 Å². The third-order valence-electron chi connectivity index (χ3n) is 3.40. The maximum atomic E-state index is 11.9. The molecule has 0 aliphatic heterocycles. The highest BCUT2D eigenvalue weighted by atomic mass is 16.7. The number of nitrogens with two attached hydrogens (primary N) is 2. The van der Waals surface area contributed by atoms with Gasteiger partial charge in [-0.3, -0.25) is 0 Å². The van der Waals surface area contributed by atoms with Crippen molar-refractivity contribution in [1.29, 1.82) is 0 Å². The molecule has 0 saturated carbocycles. The summed E-state index contributed by atoms with van der Waals surface area (Å²) in [5.74, 6) is -1.49. The number of anilines is 2. The maximum Gasteiger partial charge on any atom is 0.356 e. The molecule has 0 amide bonds. The molecule has 0 aliphatic carbocycles. The third kappa shape index (κ3) is 3.00. The fourth-order valence-corrected chi connectivity index (χ4v) is 2.19. The number of nitrogens with zero attached hydrogens (tertiary/aromatic N) is 8. The van der Waals surface area contributed by atoms with Crippen LogP contribution in [-0.2, 0) is 9.59 Å². The number of aromatic nitrogens is 8. The van der Waals surface area contributed by atoms with Gasteiger partial charge in [0.1, 0.15) is 25.3 Å². The largest absolute Gasteiger partial charge is 0.382 e. The lowest BCUT2D eigenvalue weighted by Gasteiger charge is -2.02. The lowest BCUT2D eigenvalue weighted by Crippen LogP contribution is -2.20. The highest BCUT2D eigenvalue weighted by molar-refractivity contribution is 5.92. The number of imidazole rings is 2. The summed E-state index contributed by atoms with van der Waals surface area (Å²) in [4.78, 5) is 57.1. The molecular formula is C14H10N10O4. The first kappa shape index (κ1) is 16.8. The summed E-state index contributed by atoms with van der Waals surface area (Å²) in [7, 11) is 0. The zero-order valence-electron chi connectivity index (χ0n) is 13.8. The normalized spacial score (nSPS) is 11.3. The molecule has 4 aromatic heterocycles. The summed E-state index contributed by atoms with van der Waals surface area (Å²) in [5, 5.41) is 0. The number of carbonyl (C=O) groups is 2. The van der Waals surface area contributed by atoms with Crippen LogP contribution in [0.15, 0.2) is 37.5 Å². The van der Waals surface area contributed by atoms with Crippen molar-refractivity contribution in [2.45, 2.75) is 0 Å². The lowest BCUT2D eigenvalue weighted by atomic mass is 10.5. The third-order valence-corrected chi connectivity index (χ3v) is 3.40. The van der Waals surface area contributed by atoms with Crippen LogP contribution in [0.1, 0.15) is 0 Å². The van der Waals surface area contributed by atoms with Crippen LogP contribution < -0.4 is 21.1 Å². The Balaban J connectivity index is 1.44. The van der Waals surface area contributed by atoms with Crippen LogP contribution in [0.3, 0.4) is 0 Å². The average Bonchev–Trinajstić information content (AvgIpc) is 3.27. The van der Waals surface area contributed by atoms with Gasteiger partial charge in [0.15, 0.2) is 22.7 Å². The summed E-state index contributed by atoms with van der Waals surface area (Å²) in [5.41, 5.74) is 12.2. The molecule has 140 valence electrons. The smallest absolute Gasteiger partial charge is 0.356 e. The molecule has 28 heavy (non-hydrogen) atoms. The molecule has 0 aliphatic rings. The van der Waals surface area contributed by atoms with Gasteiger partial charge in [-0.05, 0) is 0 Å². The number of rotatable bonds is 4. The van der Waals surface area contributed by atoms with E-state index >= 15 is 0 Å². The fourth-order valence-electron chi connectivity index (χ4n) is 2.19. The molecule has 4 heterocycles. The van der Waals surface area contributed by atoms with E-state index in [2.05, 4.69) is 29.9 Å². The van der Waals surface area contributed by atoms with Crippen LogP contribution in [0.25, 0.3) is 22.3 Å². The second kappa shape index (κ2) is 6.60. The van der Waals surface area contributed by atoms with Crippen LogP contribution >= 0.6 is 0 Å². The van der Waals surface area contributed by atoms with Crippen LogP contribution in [0.5, 0.6) is 0 Å². The van der Waals surface area contributed by atoms with Gasteiger partial charge in [-0.1, -0.05) is 0 Å². The molecule has 0 atom stereocenters. The Morgan fingerprint density at radius 1 is 0.750 bits per heavy atom. The average molecular weight is 382 g/mol. The monoisotopic (exact) mass is 382 g/mol. The standard InChI is InChI=1S/C14H10N10O4/c15-11-9-13(19-3-17-11)23(5-21-9)27-7(25)1-2-8(26)28-24-6-22-10-12(16)18-4-20-14(10)24/h1-6H,(H2,15,17,19)(H2,16,18,20)/b2-1+. The molecular weight excluding hydrogens is 372 g/mol. The van der Waals surface area contributed by atoms with Gasteiger partial charge in [0.05, 0.1) is 0 Å². The van der Waals surface area contributed by atoms with Crippen molar-refractivity contribution in [2.24, 2.45) is 0 Å². The molecule has 0 radical (unpaired) electrons. The van der Waals surface area contributed by atoms with Crippen molar-refractivity contribution in [1.82, 2.24) is 39.4 Å². The topological polar surface area (TPSA) is 192 Å². The lowest BCUT2D eigenvalue weighted by molar-refractivity contribution is -0.140. The zero-order valence-corrected chi connectivity index (χ0v) is 13.8. The molecule has 4 rings (SSSR count). The van der Waals surface area contributed by atoms with E-state index in [0.29, 0.717) is 0 Å². The molecule has 14 heteroatoms. The van der Waals surface area contributed by atoms with Crippen LogP contribution in [0.2, 0.25) is 0 Å². The van der Waals surface area contributed by atoms with Gasteiger partial charge in [-0.25, -0.2) is 39.5 Å². The van der Waals surface area contributed by atoms with Crippen LogP contribution in [-0.4, -0.2) is 51.3 Å². The number of carbonyl (C=O) groups excluding carboxylic acids is 2. The Labute approximate surface area is 154 Å². The van der Waals surface area contributed by atoms with Crippen molar-refractivity contribution in [3.63, 3.8) is 0 Å². The predicted octanol–water partition coefficient (Wildman–Crippen LogP) is -1.70. The Hall–Kier alpha value is -4.62. The van der Waals surface area contributed by atoms with Crippen molar-refractivity contribution < 1.29 is 19.3 Å². The number of fused-ring (bicyclic) bond motifs is 2. The summed E-state index contributed by atoms with van der Waals surface area (Å²) >= 11 is 0. The number of hydrogen-bond acceptors (Lipinski definition) is 12. The molecule has 4 N–H and O–H groups in total. The first-order valence-electron chi connectivity index (χ1n) is 7.52. The quantitative estimate of drug-likeness (QED) is 0.380. The van der Waals surface area contributed by atoms with Crippen molar-refractivity contribution in [3.05, 3.63) is 37.5 Å². The van der Waals surface area contributed by atoms with Gasteiger partial charge >= 0.3 is 11.9 Å². The molecule has 0 spiro atoms. The molecule has 0 unspecified atom stereocenters. The first-order valence-corrected chi connectivity index (χ1v) is 7.52. The van der Waals surface area contributed by atoms with E-state index in [1.165, 1.54) is 25.3 Å². The highest BCUT2D eigenvalue weighted by Gasteiger charge is 2.13. The molecule has 14 nitrogen and oxygen atoms in total. The first-order chi connectivity index (χ1) is 13.5. The Bertz CT molecular complexity index is 1150. The molecule has 0 fully saturated rings. The van der Waals surface area contributed by atoms with Crippen LogP contribution in [0.4, 0.5) is 11.6 Å². The van der Waals surface area contributed by atoms with Crippen LogP contribution in [0, 0.1) is 0 Å². The van der Waals surface area contributed by atoms with Gasteiger partial charge in [0.2, 0.25) is 11.3 Å². The van der Waals surface area contributed by atoms with Crippen molar-refractivity contribution in [3.8, 4) is 0 Å². The van der Waals surface area contributed by atoms with Gasteiger partial charge in [-0.15, -0.1) is 9.46 Å². The van der Waals surface area contributed by atoms with Gasteiger partial charge < -0.3 is 21.1 Å².